The van der Waals surface area contributed by atoms with E-state index in [0.29, 0.717) is 0 Å². The van der Waals surface area contributed by atoms with Crippen LogP contribution < -0.4 is 54.8 Å². The number of nitrogens with two attached hydrogens (primary N) is 4. The highest BCUT2D eigenvalue weighted by molar-refractivity contribution is 5.98. The van der Waals surface area contributed by atoms with E-state index >= 15 is 0 Å². The second-order valence-corrected chi connectivity index (χ2v) is 16.6. The zero-order chi connectivity index (χ0) is 55.6. The summed E-state index contributed by atoms with van der Waals surface area (Å²) < 4.78 is 52.7. The van der Waals surface area contributed by atoms with Crippen LogP contribution in [-0.4, -0.2) is 186 Å². The number of alkyl carbamates (subject to hydrolysis) is 2. The Morgan fingerprint density at radius 3 is 1.24 bits per heavy atom. The minimum absolute atomic E-state index is 0.0459. The first-order valence-corrected chi connectivity index (χ1v) is 23.0. The number of ether oxygens (including phenoxy) is 10. The number of esters is 2. The van der Waals surface area contributed by atoms with Crippen molar-refractivity contribution in [2.45, 2.75) is 87.5 Å². The van der Waals surface area contributed by atoms with E-state index in [4.69, 9.17) is 70.3 Å². The number of carbonyl (C=O) groups is 10. The zero-order valence-corrected chi connectivity index (χ0v) is 41.3. The number of benzene rings is 1. The number of cyclic esters (lactones) is 4. The minimum atomic E-state index is -1.52. The van der Waals surface area contributed by atoms with E-state index < -0.39 is 158 Å². The van der Waals surface area contributed by atoms with Crippen LogP contribution in [0.15, 0.2) is 57.9 Å². The summed E-state index contributed by atoms with van der Waals surface area (Å²) in [4.78, 5) is 134. The molecule has 1 aromatic carbocycles. The normalized spacial score (nSPS) is 23.0. The zero-order valence-electron chi connectivity index (χ0n) is 41.3. The molecule has 5 rings (SSSR count). The topological polar surface area (TPSA) is 464 Å². The van der Waals surface area contributed by atoms with Gasteiger partial charge in [-0.15, -0.1) is 0 Å². The largest absolute Gasteiger partial charge is 0.508 e. The van der Waals surface area contributed by atoms with Crippen LogP contribution in [0.1, 0.15) is 47.4 Å². The molecular formula is C44H58N12O20. The molecule has 4 heterocycles. The predicted octanol–water partition coefficient (Wildman–Crippen LogP) is -3.61. The molecule has 4 aliphatic heterocycles. The van der Waals surface area contributed by atoms with Gasteiger partial charge < -0.3 is 102 Å². The third-order valence-electron chi connectivity index (χ3n) is 11.0. The number of aliphatic imine (C=N–C) groups is 2. The summed E-state index contributed by atoms with van der Waals surface area (Å²) in [5, 5.41) is 15.6. The maximum absolute atomic E-state index is 13.1. The van der Waals surface area contributed by atoms with Crippen molar-refractivity contribution < 1.29 is 95.3 Å². The maximum atomic E-state index is 13.1. The van der Waals surface area contributed by atoms with Gasteiger partial charge in [-0.2, -0.15) is 0 Å². The lowest BCUT2D eigenvalue weighted by Gasteiger charge is -2.39. The molecule has 76 heavy (non-hydrogen) atoms. The summed E-state index contributed by atoms with van der Waals surface area (Å²) in [6.07, 6.45) is -9.99. The van der Waals surface area contributed by atoms with E-state index in [9.17, 15) is 47.9 Å². The summed E-state index contributed by atoms with van der Waals surface area (Å²) in [5.74, 6) is -5.71. The molecule has 414 valence electrons. The second kappa shape index (κ2) is 27.2. The van der Waals surface area contributed by atoms with E-state index in [0.717, 1.165) is 14.2 Å². The summed E-state index contributed by atoms with van der Waals surface area (Å²) in [6.45, 7) is 1.60. The standard InChI is InChI=1S/C44H58N12O20/c1-19(57)53-29-23(55-39(45)46)15-25(37(61)67-3)71-33(29)31(27-17-69-43(65)73-27)75-41(63)51-13-5-11-49-35(59)21-7-9-22(10-8-21)36(60)50-12-6-14-52-42(64)76-32(28-18-70-44(66)74-28)34-30(54-20(2)58)24(56-40(47)48)16-26(72-34)38(62)68-4/h7-10,15-16,23-24,27-34H,5-6,11-14,17-18H2,1-4H3,(H,49,59)(H,50,60)(H,51,63)(H,52,64)(H,53,57)(H,54,58)(H4,45,46,55)(H4,47,48,56)/t23-,24-,27+,28+,29+,30+,31+,32+,33+,34+/m0/s1. The highest BCUT2D eigenvalue weighted by atomic mass is 16.8. The van der Waals surface area contributed by atoms with Crippen molar-refractivity contribution in [3.8, 4) is 0 Å². The lowest BCUT2D eigenvalue weighted by atomic mass is 9.92. The van der Waals surface area contributed by atoms with Crippen molar-refractivity contribution in [2.24, 2.45) is 32.9 Å². The number of hydrogen-bond acceptors (Lipinski definition) is 22. The van der Waals surface area contributed by atoms with Crippen molar-refractivity contribution >= 4 is 72.0 Å². The van der Waals surface area contributed by atoms with Crippen molar-refractivity contribution in [2.75, 3.05) is 53.6 Å². The molecule has 10 atom stereocenters. The number of nitrogens with one attached hydrogen (secondary N) is 6. The van der Waals surface area contributed by atoms with Gasteiger partial charge in [0, 0.05) is 51.2 Å². The van der Waals surface area contributed by atoms with Crippen LogP contribution >= 0.6 is 0 Å². The van der Waals surface area contributed by atoms with Crippen LogP contribution in [-0.2, 0) is 66.5 Å². The molecule has 0 saturated carbocycles. The monoisotopic (exact) mass is 1070 g/mol. The van der Waals surface area contributed by atoms with Crippen LogP contribution in [0, 0.1) is 0 Å². The molecule has 0 aliphatic carbocycles. The molecule has 0 aromatic heterocycles. The van der Waals surface area contributed by atoms with Crippen molar-refractivity contribution in [3.63, 3.8) is 0 Å². The van der Waals surface area contributed by atoms with E-state index in [1.807, 2.05) is 0 Å². The first-order chi connectivity index (χ1) is 36.2. The Balaban J connectivity index is 1.08. The van der Waals surface area contributed by atoms with Crippen LogP contribution in [0.25, 0.3) is 0 Å². The fourth-order valence-electron chi connectivity index (χ4n) is 7.77. The Morgan fingerprint density at radius 1 is 0.579 bits per heavy atom. The first kappa shape index (κ1) is 57.6. The van der Waals surface area contributed by atoms with Crippen molar-refractivity contribution in [3.05, 3.63) is 59.1 Å². The van der Waals surface area contributed by atoms with Gasteiger partial charge in [-0.3, -0.25) is 19.2 Å². The molecule has 6 amide bonds. The van der Waals surface area contributed by atoms with Crippen molar-refractivity contribution in [1.82, 2.24) is 31.9 Å². The number of rotatable bonds is 22. The third-order valence-corrected chi connectivity index (χ3v) is 11.0. The Kier molecular flexibility index (Phi) is 20.6. The molecule has 32 nitrogen and oxygen atoms in total. The van der Waals surface area contributed by atoms with Gasteiger partial charge in [0.25, 0.3) is 11.8 Å². The van der Waals surface area contributed by atoms with Gasteiger partial charge in [0.1, 0.15) is 13.2 Å². The Morgan fingerprint density at radius 2 is 0.934 bits per heavy atom. The number of amides is 6. The van der Waals surface area contributed by atoms with Crippen LogP contribution in [0.3, 0.4) is 0 Å². The number of hydrogen-bond donors (Lipinski definition) is 10. The van der Waals surface area contributed by atoms with Gasteiger partial charge in [-0.1, -0.05) is 0 Å². The van der Waals surface area contributed by atoms with Crippen LogP contribution in [0.2, 0.25) is 0 Å². The molecule has 1 aromatic rings. The summed E-state index contributed by atoms with van der Waals surface area (Å²) in [5.41, 5.74) is 22.9. The highest BCUT2D eigenvalue weighted by Crippen LogP contribution is 2.31. The lowest BCUT2D eigenvalue weighted by Crippen LogP contribution is -2.61. The molecular weight excluding hydrogens is 1020 g/mol. The number of carbonyl (C=O) groups excluding carboxylic acids is 10. The van der Waals surface area contributed by atoms with Gasteiger partial charge in [-0.05, 0) is 49.3 Å². The van der Waals surface area contributed by atoms with Gasteiger partial charge in [-0.25, -0.2) is 38.8 Å². The molecule has 0 bridgehead atoms. The SMILES string of the molecule is COC(=O)C1=C[C@H](N=C(N)N)[C@@H](NC(C)=O)[C@H]([C@H](OC(=O)NCCCNC(=O)c2ccc(C(=O)NCCCNC(=O)O[C@@H]([C@@H]3OC(C(=O)OC)=C[C@H](N=C(N)N)[C@H]3NC(C)=O)[C@H]3COC(=O)O3)cc2)[C@H]2COC(=O)O2)O1. The van der Waals surface area contributed by atoms with E-state index in [-0.39, 0.29) is 50.1 Å². The number of guanidine groups is 2. The molecule has 14 N–H and O–H groups in total. The fourth-order valence-corrected chi connectivity index (χ4v) is 7.77. The summed E-state index contributed by atoms with van der Waals surface area (Å²) in [6, 6.07) is 1.01. The fraction of sp³-hybridized carbons (Fsp3) is 0.500. The first-order valence-electron chi connectivity index (χ1n) is 23.0. The average Bonchev–Trinajstić information content (AvgIpc) is 4.01. The Hall–Kier alpha value is -9.26. The molecule has 0 spiro atoms. The Bertz CT molecular complexity index is 2310. The number of nitrogens with zero attached hydrogens (tertiary/aromatic N) is 2. The molecule has 2 fully saturated rings. The Labute approximate surface area is 431 Å². The average molecular weight is 1080 g/mol. The van der Waals surface area contributed by atoms with Gasteiger partial charge in [0.05, 0.1) is 38.4 Å². The highest BCUT2D eigenvalue weighted by Gasteiger charge is 2.52. The van der Waals surface area contributed by atoms with E-state index in [1.54, 1.807) is 0 Å². The smallest absolute Gasteiger partial charge is 0.477 e. The van der Waals surface area contributed by atoms with E-state index in [1.165, 1.54) is 50.3 Å². The maximum Gasteiger partial charge on any atom is 0.508 e. The molecule has 2 saturated heterocycles. The minimum Gasteiger partial charge on any atom is -0.477 e. The second-order valence-electron chi connectivity index (χ2n) is 16.6. The molecule has 32 heteroatoms. The number of methoxy groups -OCH3 is 2. The molecule has 0 radical (unpaired) electrons. The van der Waals surface area contributed by atoms with Crippen LogP contribution in [0.5, 0.6) is 0 Å². The van der Waals surface area contributed by atoms with Gasteiger partial charge in [0.15, 0.2) is 48.5 Å². The predicted molar refractivity (Wildman–Crippen MR) is 254 cm³/mol. The quantitative estimate of drug-likeness (QED) is 0.0176. The third kappa shape index (κ3) is 16.4. The lowest BCUT2D eigenvalue weighted by molar-refractivity contribution is -0.148. The summed E-state index contributed by atoms with van der Waals surface area (Å²) >= 11 is 0. The molecule has 0 unspecified atom stereocenters. The van der Waals surface area contributed by atoms with Crippen molar-refractivity contribution in [1.29, 1.82) is 0 Å². The van der Waals surface area contributed by atoms with Gasteiger partial charge >= 0.3 is 36.4 Å². The van der Waals surface area contributed by atoms with E-state index in [2.05, 4.69) is 41.9 Å². The molecule has 4 aliphatic rings. The van der Waals surface area contributed by atoms with Crippen LogP contribution in [0.4, 0.5) is 19.2 Å². The summed E-state index contributed by atoms with van der Waals surface area (Å²) in [7, 11) is 2.16. The van der Waals surface area contributed by atoms with Gasteiger partial charge in [0.2, 0.25) is 23.3 Å².